The summed E-state index contributed by atoms with van der Waals surface area (Å²) in [5.74, 6) is 0.653. The van der Waals surface area contributed by atoms with Crippen LogP contribution in [0.5, 0.6) is 5.75 Å². The number of ether oxygens (including phenoxy) is 1. The van der Waals surface area contributed by atoms with E-state index in [1.165, 1.54) is 39.9 Å². The summed E-state index contributed by atoms with van der Waals surface area (Å²) in [5, 5.41) is 3.24. The molecule has 1 unspecified atom stereocenters. The topological polar surface area (TPSA) is 88.6 Å². The van der Waals surface area contributed by atoms with Crippen molar-refractivity contribution in [1.82, 2.24) is 9.29 Å². The highest BCUT2D eigenvalue weighted by Crippen LogP contribution is 2.32. The second-order valence-corrected chi connectivity index (χ2v) is 10.4. The van der Waals surface area contributed by atoms with Crippen molar-refractivity contribution >= 4 is 42.6 Å². The summed E-state index contributed by atoms with van der Waals surface area (Å²) in [6.07, 6.45) is 1.91. The number of para-hydroxylation sites is 1. The SMILES string of the molecule is COc1cccc2sc(NC(=O)c3ccc(S(=O)(=O)N4CCCC(C)C4)cc3)nc12. The first-order valence-electron chi connectivity index (χ1n) is 9.73. The Balaban J connectivity index is 1.51. The lowest BCUT2D eigenvalue weighted by Gasteiger charge is -2.30. The molecule has 4 rings (SSSR count). The number of thiazole rings is 1. The van der Waals surface area contributed by atoms with Gasteiger partial charge in [-0.3, -0.25) is 10.1 Å². The van der Waals surface area contributed by atoms with Crippen LogP contribution in [0.25, 0.3) is 10.2 Å². The van der Waals surface area contributed by atoms with Crippen molar-refractivity contribution in [3.8, 4) is 5.75 Å². The number of hydrogen-bond donors (Lipinski definition) is 1. The molecule has 3 aromatic rings. The quantitative estimate of drug-likeness (QED) is 0.642. The third-order valence-electron chi connectivity index (χ3n) is 5.20. The summed E-state index contributed by atoms with van der Waals surface area (Å²) in [4.78, 5) is 17.3. The largest absolute Gasteiger partial charge is 0.494 e. The van der Waals surface area contributed by atoms with Gasteiger partial charge in [0.1, 0.15) is 11.3 Å². The van der Waals surface area contributed by atoms with Crippen LogP contribution in [0, 0.1) is 5.92 Å². The normalized spacial score (nSPS) is 17.7. The van der Waals surface area contributed by atoms with Crippen LogP contribution in [0.3, 0.4) is 0 Å². The molecule has 0 aliphatic carbocycles. The fourth-order valence-corrected chi connectivity index (χ4v) is 6.08. The summed E-state index contributed by atoms with van der Waals surface area (Å²) in [6.45, 7) is 3.13. The van der Waals surface area contributed by atoms with Crippen LogP contribution in [0.4, 0.5) is 5.13 Å². The zero-order chi connectivity index (χ0) is 21.3. The lowest BCUT2D eigenvalue weighted by atomic mass is 10.0. The maximum absolute atomic E-state index is 12.9. The smallest absolute Gasteiger partial charge is 0.257 e. The molecular weight excluding hydrogens is 422 g/mol. The minimum atomic E-state index is -3.54. The van der Waals surface area contributed by atoms with Crippen molar-refractivity contribution in [2.45, 2.75) is 24.7 Å². The molecule has 1 N–H and O–H groups in total. The van der Waals surface area contributed by atoms with E-state index in [2.05, 4.69) is 17.2 Å². The molecule has 30 heavy (non-hydrogen) atoms. The van der Waals surface area contributed by atoms with E-state index in [0.717, 1.165) is 17.5 Å². The van der Waals surface area contributed by atoms with Crippen molar-refractivity contribution < 1.29 is 17.9 Å². The Kier molecular flexibility index (Phi) is 5.77. The zero-order valence-corrected chi connectivity index (χ0v) is 18.4. The minimum Gasteiger partial charge on any atom is -0.494 e. The van der Waals surface area contributed by atoms with E-state index >= 15 is 0 Å². The van der Waals surface area contributed by atoms with Crippen LogP contribution < -0.4 is 10.1 Å². The lowest BCUT2D eigenvalue weighted by molar-refractivity contribution is 0.102. The fraction of sp³-hybridized carbons (Fsp3) is 0.333. The van der Waals surface area contributed by atoms with Crippen LogP contribution in [0.1, 0.15) is 30.1 Å². The number of anilines is 1. The molecular formula is C21H23N3O4S2. The van der Waals surface area contributed by atoms with Gasteiger partial charge in [-0.15, -0.1) is 0 Å². The lowest BCUT2D eigenvalue weighted by Crippen LogP contribution is -2.39. The molecule has 158 valence electrons. The molecule has 1 aromatic heterocycles. The van der Waals surface area contributed by atoms with Gasteiger partial charge in [0, 0.05) is 18.7 Å². The van der Waals surface area contributed by atoms with Gasteiger partial charge >= 0.3 is 0 Å². The monoisotopic (exact) mass is 445 g/mol. The van der Waals surface area contributed by atoms with Gasteiger partial charge in [-0.25, -0.2) is 13.4 Å². The Morgan fingerprint density at radius 3 is 2.70 bits per heavy atom. The van der Waals surface area contributed by atoms with E-state index in [4.69, 9.17) is 4.74 Å². The van der Waals surface area contributed by atoms with E-state index < -0.39 is 10.0 Å². The molecule has 0 bridgehead atoms. The molecule has 1 aliphatic heterocycles. The van der Waals surface area contributed by atoms with Crippen LogP contribution in [0.15, 0.2) is 47.4 Å². The number of carbonyl (C=O) groups excluding carboxylic acids is 1. The van der Waals surface area contributed by atoms with E-state index in [0.29, 0.717) is 41.0 Å². The van der Waals surface area contributed by atoms with Gasteiger partial charge in [-0.1, -0.05) is 24.3 Å². The molecule has 1 atom stereocenters. The maximum atomic E-state index is 12.9. The molecule has 2 heterocycles. The molecule has 1 fully saturated rings. The van der Waals surface area contributed by atoms with Crippen LogP contribution in [-0.2, 0) is 10.0 Å². The number of hydrogen-bond acceptors (Lipinski definition) is 6. The first-order chi connectivity index (χ1) is 14.4. The average molecular weight is 446 g/mol. The van der Waals surface area contributed by atoms with Gasteiger partial charge in [-0.2, -0.15) is 4.31 Å². The molecule has 7 nitrogen and oxygen atoms in total. The Morgan fingerprint density at radius 1 is 1.23 bits per heavy atom. The van der Waals surface area contributed by atoms with Crippen molar-refractivity contribution in [1.29, 1.82) is 0 Å². The first-order valence-corrected chi connectivity index (χ1v) is 12.0. The van der Waals surface area contributed by atoms with Crippen molar-refractivity contribution in [2.75, 3.05) is 25.5 Å². The van der Waals surface area contributed by atoms with Gasteiger partial charge in [0.25, 0.3) is 5.91 Å². The Morgan fingerprint density at radius 2 is 2.00 bits per heavy atom. The zero-order valence-electron chi connectivity index (χ0n) is 16.8. The number of aromatic nitrogens is 1. The first kappa shape index (κ1) is 20.8. The highest BCUT2D eigenvalue weighted by atomic mass is 32.2. The Labute approximate surface area is 179 Å². The summed E-state index contributed by atoms with van der Waals surface area (Å²) < 4.78 is 33.5. The third kappa shape index (κ3) is 4.05. The molecule has 1 saturated heterocycles. The number of benzene rings is 2. The number of nitrogens with zero attached hydrogens (tertiary/aromatic N) is 2. The number of methoxy groups -OCH3 is 1. The molecule has 0 saturated carbocycles. The number of nitrogens with one attached hydrogen (secondary N) is 1. The number of amides is 1. The molecule has 0 radical (unpaired) electrons. The summed E-state index contributed by atoms with van der Waals surface area (Å²) in [6, 6.07) is 11.6. The predicted octanol–water partition coefficient (Wildman–Crippen LogP) is 3.98. The summed E-state index contributed by atoms with van der Waals surface area (Å²) in [5.41, 5.74) is 1.06. The van der Waals surface area contributed by atoms with Gasteiger partial charge in [0.15, 0.2) is 5.13 Å². The number of sulfonamides is 1. The van der Waals surface area contributed by atoms with Crippen LogP contribution in [0.2, 0.25) is 0 Å². The minimum absolute atomic E-state index is 0.206. The molecule has 1 amide bonds. The van der Waals surface area contributed by atoms with Crippen molar-refractivity contribution in [2.24, 2.45) is 5.92 Å². The Bertz CT molecular complexity index is 1170. The van der Waals surface area contributed by atoms with E-state index in [-0.39, 0.29) is 10.8 Å². The molecule has 2 aromatic carbocycles. The van der Waals surface area contributed by atoms with E-state index in [1.54, 1.807) is 7.11 Å². The average Bonchev–Trinajstić information content (AvgIpc) is 3.16. The van der Waals surface area contributed by atoms with E-state index in [1.807, 2.05) is 18.2 Å². The molecule has 1 aliphatic rings. The number of piperidine rings is 1. The molecule has 0 spiro atoms. The number of fused-ring (bicyclic) bond motifs is 1. The van der Waals surface area contributed by atoms with Crippen LogP contribution in [-0.4, -0.2) is 43.8 Å². The van der Waals surface area contributed by atoms with Gasteiger partial charge in [0.2, 0.25) is 10.0 Å². The standard InChI is InChI=1S/C21H23N3O4S2/c1-14-5-4-12-24(13-14)30(26,27)16-10-8-15(9-11-16)20(25)23-21-22-19-17(28-2)6-3-7-18(19)29-21/h3,6-11,14H,4-5,12-13H2,1-2H3,(H,22,23,25). The summed E-state index contributed by atoms with van der Waals surface area (Å²) in [7, 11) is -1.97. The maximum Gasteiger partial charge on any atom is 0.257 e. The van der Waals surface area contributed by atoms with Gasteiger partial charge in [0.05, 0.1) is 16.7 Å². The highest BCUT2D eigenvalue weighted by Gasteiger charge is 2.28. The highest BCUT2D eigenvalue weighted by molar-refractivity contribution is 7.89. The summed E-state index contributed by atoms with van der Waals surface area (Å²) >= 11 is 1.35. The van der Waals surface area contributed by atoms with Crippen molar-refractivity contribution in [3.05, 3.63) is 48.0 Å². The third-order valence-corrected chi connectivity index (χ3v) is 8.01. The van der Waals surface area contributed by atoms with Crippen LogP contribution >= 0.6 is 11.3 Å². The van der Waals surface area contributed by atoms with Gasteiger partial charge < -0.3 is 4.74 Å². The van der Waals surface area contributed by atoms with Gasteiger partial charge in [-0.05, 0) is 55.2 Å². The Hall–Kier alpha value is -2.49. The van der Waals surface area contributed by atoms with Crippen molar-refractivity contribution in [3.63, 3.8) is 0 Å². The predicted molar refractivity (Wildman–Crippen MR) is 118 cm³/mol. The molecule has 9 heteroatoms. The number of carbonyl (C=O) groups is 1. The second-order valence-electron chi connectivity index (χ2n) is 7.41. The second kappa shape index (κ2) is 8.33. The fourth-order valence-electron chi connectivity index (χ4n) is 3.60. The van der Waals surface area contributed by atoms with E-state index in [9.17, 15) is 13.2 Å². The number of rotatable bonds is 5.